The van der Waals surface area contributed by atoms with Gasteiger partial charge < -0.3 is 5.32 Å². The zero-order valence-electron chi connectivity index (χ0n) is 13.1. The number of halogens is 2. The van der Waals surface area contributed by atoms with E-state index in [0.29, 0.717) is 12.6 Å². The third-order valence-electron chi connectivity index (χ3n) is 4.37. The summed E-state index contributed by atoms with van der Waals surface area (Å²) in [6.07, 6.45) is 8.45. The van der Waals surface area contributed by atoms with Crippen LogP contribution in [0.5, 0.6) is 0 Å². The molecule has 124 valence electrons. The van der Waals surface area contributed by atoms with Gasteiger partial charge in [0.2, 0.25) is 0 Å². The van der Waals surface area contributed by atoms with Crippen molar-refractivity contribution in [1.29, 1.82) is 0 Å². The standard InChI is InChI=1S/C17H22F2N4/c18-9-14(10-19)21-11-13-12-23(15-5-1-2-6-15)22-17(13)16-7-3-4-8-20-16/h3-4,7-8,12,14-15,21H,1-2,5-6,9-11H2. The summed E-state index contributed by atoms with van der Waals surface area (Å²) in [6.45, 7) is -1.05. The highest BCUT2D eigenvalue weighted by atomic mass is 19.1. The van der Waals surface area contributed by atoms with Gasteiger partial charge in [0, 0.05) is 24.5 Å². The first-order chi connectivity index (χ1) is 11.3. The van der Waals surface area contributed by atoms with Gasteiger partial charge in [0.1, 0.15) is 19.0 Å². The molecule has 2 aromatic heterocycles. The highest BCUT2D eigenvalue weighted by Gasteiger charge is 2.21. The third kappa shape index (κ3) is 3.75. The van der Waals surface area contributed by atoms with E-state index < -0.39 is 19.4 Å². The van der Waals surface area contributed by atoms with Gasteiger partial charge in [-0.05, 0) is 25.0 Å². The van der Waals surface area contributed by atoms with Crippen LogP contribution in [0.3, 0.4) is 0 Å². The lowest BCUT2D eigenvalue weighted by Crippen LogP contribution is -2.32. The average Bonchev–Trinajstić information content (AvgIpc) is 3.26. The van der Waals surface area contributed by atoms with E-state index in [1.54, 1.807) is 6.20 Å². The molecule has 3 rings (SSSR count). The number of alkyl halides is 2. The van der Waals surface area contributed by atoms with Gasteiger partial charge in [-0.2, -0.15) is 5.10 Å². The smallest absolute Gasteiger partial charge is 0.115 e. The molecule has 6 heteroatoms. The second kappa shape index (κ2) is 7.64. The van der Waals surface area contributed by atoms with E-state index in [1.165, 1.54) is 12.8 Å². The fourth-order valence-corrected chi connectivity index (χ4v) is 3.04. The van der Waals surface area contributed by atoms with Crippen LogP contribution in [0.15, 0.2) is 30.6 Å². The summed E-state index contributed by atoms with van der Waals surface area (Å²) in [5.74, 6) is 0. The van der Waals surface area contributed by atoms with Crippen molar-refractivity contribution in [1.82, 2.24) is 20.1 Å². The first-order valence-electron chi connectivity index (χ1n) is 8.16. The number of hydrogen-bond acceptors (Lipinski definition) is 3. The van der Waals surface area contributed by atoms with E-state index in [9.17, 15) is 8.78 Å². The maximum Gasteiger partial charge on any atom is 0.115 e. The summed E-state index contributed by atoms with van der Waals surface area (Å²) in [7, 11) is 0. The summed E-state index contributed by atoms with van der Waals surface area (Å²) in [5.41, 5.74) is 2.52. The van der Waals surface area contributed by atoms with Crippen LogP contribution in [-0.2, 0) is 6.54 Å². The van der Waals surface area contributed by atoms with E-state index in [4.69, 9.17) is 5.10 Å². The van der Waals surface area contributed by atoms with Crippen molar-refractivity contribution in [2.24, 2.45) is 0 Å². The molecule has 1 fully saturated rings. The Morgan fingerprint density at radius 2 is 2.00 bits per heavy atom. The van der Waals surface area contributed by atoms with Gasteiger partial charge in [0.05, 0.1) is 17.8 Å². The van der Waals surface area contributed by atoms with Crippen molar-refractivity contribution in [2.75, 3.05) is 13.3 Å². The van der Waals surface area contributed by atoms with Crippen molar-refractivity contribution in [2.45, 2.75) is 44.3 Å². The van der Waals surface area contributed by atoms with Crippen LogP contribution >= 0.6 is 0 Å². The Kier molecular flexibility index (Phi) is 5.33. The Morgan fingerprint density at radius 3 is 2.65 bits per heavy atom. The van der Waals surface area contributed by atoms with Crippen molar-refractivity contribution in [3.05, 3.63) is 36.2 Å². The van der Waals surface area contributed by atoms with Gasteiger partial charge in [-0.15, -0.1) is 0 Å². The first-order valence-corrected chi connectivity index (χ1v) is 8.16. The van der Waals surface area contributed by atoms with Crippen LogP contribution in [0.4, 0.5) is 8.78 Å². The molecule has 0 saturated heterocycles. The molecule has 0 atom stereocenters. The Hall–Kier alpha value is -1.82. The first kappa shape index (κ1) is 16.1. The molecular formula is C17H22F2N4. The van der Waals surface area contributed by atoms with E-state index in [-0.39, 0.29) is 0 Å². The molecule has 0 spiro atoms. The zero-order valence-corrected chi connectivity index (χ0v) is 13.1. The second-order valence-corrected chi connectivity index (χ2v) is 6.02. The lowest BCUT2D eigenvalue weighted by atomic mass is 10.1. The predicted octanol–water partition coefficient (Wildman–Crippen LogP) is 3.46. The normalized spacial score (nSPS) is 15.6. The molecular weight excluding hydrogens is 298 g/mol. The van der Waals surface area contributed by atoms with E-state index in [1.807, 2.05) is 29.1 Å². The van der Waals surface area contributed by atoms with E-state index in [2.05, 4.69) is 10.3 Å². The Balaban J connectivity index is 1.85. The molecule has 0 amide bonds. The molecule has 1 saturated carbocycles. The van der Waals surface area contributed by atoms with Crippen LogP contribution in [-0.4, -0.2) is 34.2 Å². The van der Waals surface area contributed by atoms with Crippen LogP contribution in [0.1, 0.15) is 37.3 Å². The SMILES string of the molecule is FCC(CF)NCc1cn(C2CCCC2)nc1-c1ccccn1. The largest absolute Gasteiger partial charge is 0.305 e. The number of hydrogen-bond donors (Lipinski definition) is 1. The van der Waals surface area contributed by atoms with E-state index in [0.717, 1.165) is 29.8 Å². The molecule has 0 unspecified atom stereocenters. The molecule has 0 bridgehead atoms. The summed E-state index contributed by atoms with van der Waals surface area (Å²) < 4.78 is 27.4. The monoisotopic (exact) mass is 320 g/mol. The molecule has 1 aliphatic carbocycles. The summed E-state index contributed by atoms with van der Waals surface area (Å²) in [5, 5.41) is 7.64. The summed E-state index contributed by atoms with van der Waals surface area (Å²) in [4.78, 5) is 4.37. The van der Waals surface area contributed by atoms with Gasteiger partial charge >= 0.3 is 0 Å². The highest BCUT2D eigenvalue weighted by Crippen LogP contribution is 2.31. The molecule has 4 nitrogen and oxygen atoms in total. The van der Waals surface area contributed by atoms with Gasteiger partial charge in [-0.25, -0.2) is 8.78 Å². The maximum absolute atomic E-state index is 12.7. The number of aromatic nitrogens is 3. The number of pyridine rings is 1. The minimum atomic E-state index is -0.763. The van der Waals surface area contributed by atoms with Crippen molar-refractivity contribution >= 4 is 0 Å². The van der Waals surface area contributed by atoms with Gasteiger partial charge in [-0.1, -0.05) is 18.9 Å². The second-order valence-electron chi connectivity index (χ2n) is 6.02. The van der Waals surface area contributed by atoms with Crippen molar-refractivity contribution in [3.63, 3.8) is 0 Å². The minimum Gasteiger partial charge on any atom is -0.305 e. The quantitative estimate of drug-likeness (QED) is 0.849. The van der Waals surface area contributed by atoms with Crippen LogP contribution in [0.2, 0.25) is 0 Å². The van der Waals surface area contributed by atoms with E-state index >= 15 is 0 Å². The number of nitrogens with zero attached hydrogens (tertiary/aromatic N) is 3. The van der Waals surface area contributed by atoms with Gasteiger partial charge in [-0.3, -0.25) is 9.67 Å². The molecule has 2 heterocycles. The molecule has 0 aromatic carbocycles. The average molecular weight is 320 g/mol. The van der Waals surface area contributed by atoms with Crippen LogP contribution < -0.4 is 5.32 Å². The lowest BCUT2D eigenvalue weighted by molar-refractivity contribution is 0.307. The fraction of sp³-hybridized carbons (Fsp3) is 0.529. The molecule has 1 aliphatic rings. The molecule has 0 aliphatic heterocycles. The topological polar surface area (TPSA) is 42.7 Å². The highest BCUT2D eigenvalue weighted by molar-refractivity contribution is 5.58. The minimum absolute atomic E-state index is 0.386. The van der Waals surface area contributed by atoms with Crippen LogP contribution in [0, 0.1) is 0 Å². The summed E-state index contributed by atoms with van der Waals surface area (Å²) in [6, 6.07) is 5.34. The molecule has 1 N–H and O–H groups in total. The molecule has 23 heavy (non-hydrogen) atoms. The number of nitrogens with one attached hydrogen (secondary N) is 1. The van der Waals surface area contributed by atoms with Crippen molar-refractivity contribution in [3.8, 4) is 11.4 Å². The zero-order chi connectivity index (χ0) is 16.1. The van der Waals surface area contributed by atoms with Crippen molar-refractivity contribution < 1.29 is 8.78 Å². The third-order valence-corrected chi connectivity index (χ3v) is 4.37. The number of rotatable bonds is 7. The Morgan fingerprint density at radius 1 is 1.22 bits per heavy atom. The molecule has 2 aromatic rings. The van der Waals surface area contributed by atoms with Gasteiger partial charge in [0.25, 0.3) is 0 Å². The lowest BCUT2D eigenvalue weighted by Gasteiger charge is -2.11. The van der Waals surface area contributed by atoms with Gasteiger partial charge in [0.15, 0.2) is 0 Å². The van der Waals surface area contributed by atoms with Crippen LogP contribution in [0.25, 0.3) is 11.4 Å². The predicted molar refractivity (Wildman–Crippen MR) is 85.5 cm³/mol. The fourth-order valence-electron chi connectivity index (χ4n) is 3.04. The maximum atomic E-state index is 12.7. The summed E-state index contributed by atoms with van der Waals surface area (Å²) >= 11 is 0. The Labute approximate surface area is 134 Å². The Bertz CT molecular complexity index is 604. The molecule has 0 radical (unpaired) electrons.